The number of nitrogens with zero attached hydrogens (tertiary/aromatic N) is 2. The third-order valence-corrected chi connectivity index (χ3v) is 3.51. The molecule has 2 rings (SSSR count). The molecule has 88 valence electrons. The van der Waals surface area contributed by atoms with Crippen LogP contribution in [0.1, 0.15) is 22.0 Å². The van der Waals surface area contributed by atoms with Crippen LogP contribution in [0.25, 0.3) is 4.96 Å². The summed E-state index contributed by atoms with van der Waals surface area (Å²) in [4.78, 5) is 4.70. The highest BCUT2D eigenvalue weighted by molar-refractivity contribution is 7.17. The van der Waals surface area contributed by atoms with E-state index in [-0.39, 0.29) is 10.7 Å². The van der Waals surface area contributed by atoms with Gasteiger partial charge in [0, 0.05) is 10.6 Å². The maximum Gasteiger partial charge on any atom is 0.435 e. The fourth-order valence-corrected chi connectivity index (χ4v) is 2.57. The average Bonchev–Trinajstić information content (AvgIpc) is 2.65. The molecule has 0 aromatic carbocycles. The van der Waals surface area contributed by atoms with Crippen LogP contribution < -0.4 is 0 Å². The second-order valence-electron chi connectivity index (χ2n) is 3.42. The number of imidazole rings is 1. The maximum atomic E-state index is 12.6. The van der Waals surface area contributed by atoms with E-state index in [4.69, 9.17) is 5.11 Å². The first-order chi connectivity index (χ1) is 7.36. The van der Waals surface area contributed by atoms with Crippen LogP contribution in [-0.2, 0) is 12.8 Å². The number of aromatic nitrogens is 2. The van der Waals surface area contributed by atoms with Gasteiger partial charge in [-0.05, 0) is 13.8 Å². The monoisotopic (exact) mass is 250 g/mol. The third kappa shape index (κ3) is 1.51. The Morgan fingerprint density at radius 1 is 1.38 bits per heavy atom. The number of alkyl halides is 3. The molecule has 3 nitrogen and oxygen atoms in total. The van der Waals surface area contributed by atoms with Crippen molar-refractivity contribution < 1.29 is 18.3 Å². The molecule has 0 amide bonds. The van der Waals surface area contributed by atoms with Crippen molar-refractivity contribution in [3.63, 3.8) is 0 Å². The summed E-state index contributed by atoms with van der Waals surface area (Å²) in [5.74, 6) is 0. The fraction of sp³-hybridized carbons (Fsp3) is 0.444. The maximum absolute atomic E-state index is 12.6. The van der Waals surface area contributed by atoms with Crippen LogP contribution in [0.5, 0.6) is 0 Å². The molecule has 2 aromatic rings. The molecule has 0 aliphatic heterocycles. The van der Waals surface area contributed by atoms with Crippen molar-refractivity contribution in [3.8, 4) is 0 Å². The smallest absolute Gasteiger partial charge is 0.390 e. The molecule has 2 aromatic heterocycles. The topological polar surface area (TPSA) is 37.5 Å². The molecule has 0 saturated heterocycles. The molecule has 7 heteroatoms. The molecule has 0 atom stereocenters. The summed E-state index contributed by atoms with van der Waals surface area (Å²) in [6.45, 7) is 2.84. The van der Waals surface area contributed by atoms with Crippen LogP contribution in [0.4, 0.5) is 13.2 Å². The Kier molecular flexibility index (Phi) is 2.47. The first kappa shape index (κ1) is 11.4. The molecule has 0 bridgehead atoms. The molecule has 0 unspecified atom stereocenters. The summed E-state index contributed by atoms with van der Waals surface area (Å²) >= 11 is 1.19. The summed E-state index contributed by atoms with van der Waals surface area (Å²) < 4.78 is 39.2. The van der Waals surface area contributed by atoms with E-state index in [9.17, 15) is 13.2 Å². The second-order valence-corrected chi connectivity index (χ2v) is 4.61. The van der Waals surface area contributed by atoms with E-state index in [1.807, 2.05) is 6.92 Å². The van der Waals surface area contributed by atoms with E-state index in [2.05, 4.69) is 4.98 Å². The molecular formula is C9H9F3N2OS. The lowest BCUT2D eigenvalue weighted by Gasteiger charge is -2.05. The van der Waals surface area contributed by atoms with Gasteiger partial charge >= 0.3 is 6.18 Å². The Balaban J connectivity index is 2.80. The first-order valence-corrected chi connectivity index (χ1v) is 5.33. The summed E-state index contributed by atoms with van der Waals surface area (Å²) in [5.41, 5.74) is -0.499. The molecule has 16 heavy (non-hydrogen) atoms. The Labute approximate surface area is 93.2 Å². The molecule has 0 radical (unpaired) electrons. The van der Waals surface area contributed by atoms with Crippen LogP contribution >= 0.6 is 11.3 Å². The molecule has 0 saturated carbocycles. The van der Waals surface area contributed by atoms with Crippen molar-refractivity contribution in [2.24, 2.45) is 0 Å². The molecule has 0 aliphatic rings. The number of hydrogen-bond acceptors (Lipinski definition) is 3. The van der Waals surface area contributed by atoms with Gasteiger partial charge in [0.15, 0.2) is 10.7 Å². The SMILES string of the molecule is Cc1sc2nc(C(F)(F)F)c(CO)n2c1C. The standard InChI is InChI=1S/C9H9F3N2OS/c1-4-5(2)16-8-13-7(9(10,11)12)6(3-15)14(4)8/h15H,3H2,1-2H3. The van der Waals surface area contributed by atoms with E-state index in [1.54, 1.807) is 6.92 Å². The zero-order valence-corrected chi connectivity index (χ0v) is 9.41. The fourth-order valence-electron chi connectivity index (χ4n) is 1.59. The van der Waals surface area contributed by atoms with Gasteiger partial charge in [0.05, 0.1) is 12.3 Å². The minimum atomic E-state index is -4.52. The van der Waals surface area contributed by atoms with Gasteiger partial charge < -0.3 is 5.11 Å². The highest BCUT2D eigenvalue weighted by atomic mass is 32.1. The van der Waals surface area contributed by atoms with Gasteiger partial charge in [-0.2, -0.15) is 13.2 Å². The Hall–Kier alpha value is -1.08. The number of aliphatic hydroxyl groups excluding tert-OH is 1. The van der Waals surface area contributed by atoms with Crippen molar-refractivity contribution in [2.45, 2.75) is 26.6 Å². The summed E-state index contributed by atoms with van der Waals surface area (Å²) in [6, 6.07) is 0. The van der Waals surface area contributed by atoms with Crippen LogP contribution in [0.15, 0.2) is 0 Å². The first-order valence-electron chi connectivity index (χ1n) is 4.51. The predicted molar refractivity (Wildman–Crippen MR) is 53.5 cm³/mol. The van der Waals surface area contributed by atoms with Crippen molar-refractivity contribution in [2.75, 3.05) is 0 Å². The van der Waals surface area contributed by atoms with Gasteiger partial charge in [-0.3, -0.25) is 4.40 Å². The lowest BCUT2D eigenvalue weighted by atomic mass is 10.3. The minimum Gasteiger partial charge on any atom is -0.390 e. The number of fused-ring (bicyclic) bond motifs is 1. The van der Waals surface area contributed by atoms with Crippen LogP contribution in [-0.4, -0.2) is 14.5 Å². The van der Waals surface area contributed by atoms with Gasteiger partial charge in [-0.15, -0.1) is 11.3 Å². The minimum absolute atomic E-state index is 0.190. The average molecular weight is 250 g/mol. The van der Waals surface area contributed by atoms with Crippen molar-refractivity contribution >= 4 is 16.3 Å². The van der Waals surface area contributed by atoms with Crippen molar-refractivity contribution in [1.29, 1.82) is 0 Å². The highest BCUT2D eigenvalue weighted by Crippen LogP contribution is 2.34. The van der Waals surface area contributed by atoms with Gasteiger partial charge in [-0.1, -0.05) is 0 Å². The van der Waals surface area contributed by atoms with Crippen molar-refractivity contribution in [1.82, 2.24) is 9.38 Å². The zero-order chi connectivity index (χ0) is 12.1. The Bertz CT molecular complexity index is 541. The van der Waals surface area contributed by atoms with Crippen LogP contribution in [0, 0.1) is 13.8 Å². The number of thiazole rings is 1. The second kappa shape index (κ2) is 3.46. The molecular weight excluding hydrogens is 241 g/mol. The molecule has 0 spiro atoms. The summed E-state index contributed by atoms with van der Waals surface area (Å²) in [5, 5.41) is 9.05. The quantitative estimate of drug-likeness (QED) is 0.844. The van der Waals surface area contributed by atoms with Crippen LogP contribution in [0.3, 0.4) is 0 Å². The van der Waals surface area contributed by atoms with E-state index in [0.717, 1.165) is 4.88 Å². The number of aliphatic hydroxyl groups is 1. The normalized spacial score (nSPS) is 12.6. The molecule has 0 fully saturated rings. The number of halogens is 3. The summed E-state index contributed by atoms with van der Waals surface area (Å²) in [7, 11) is 0. The van der Waals surface area contributed by atoms with Gasteiger partial charge in [0.1, 0.15) is 0 Å². The summed E-state index contributed by atoms with van der Waals surface area (Å²) in [6.07, 6.45) is -4.52. The van der Waals surface area contributed by atoms with Crippen molar-refractivity contribution in [3.05, 3.63) is 22.0 Å². The predicted octanol–water partition coefficient (Wildman–Crippen LogP) is 2.52. The lowest BCUT2D eigenvalue weighted by Crippen LogP contribution is -2.10. The lowest BCUT2D eigenvalue weighted by molar-refractivity contribution is -0.142. The Morgan fingerprint density at radius 3 is 2.50 bits per heavy atom. The largest absolute Gasteiger partial charge is 0.435 e. The molecule has 0 aliphatic carbocycles. The zero-order valence-electron chi connectivity index (χ0n) is 8.59. The number of rotatable bonds is 1. The van der Waals surface area contributed by atoms with Gasteiger partial charge in [0.25, 0.3) is 0 Å². The molecule has 1 N–H and O–H groups in total. The van der Waals surface area contributed by atoms with E-state index in [1.165, 1.54) is 15.7 Å². The van der Waals surface area contributed by atoms with Gasteiger partial charge in [0.2, 0.25) is 0 Å². The van der Waals surface area contributed by atoms with E-state index in [0.29, 0.717) is 5.69 Å². The van der Waals surface area contributed by atoms with E-state index < -0.39 is 18.5 Å². The Morgan fingerprint density at radius 2 is 2.00 bits per heavy atom. The number of aryl methyl sites for hydroxylation is 2. The number of hydrogen-bond donors (Lipinski definition) is 1. The van der Waals surface area contributed by atoms with Crippen LogP contribution in [0.2, 0.25) is 0 Å². The van der Waals surface area contributed by atoms with Gasteiger partial charge in [-0.25, -0.2) is 4.98 Å². The highest BCUT2D eigenvalue weighted by Gasteiger charge is 2.38. The molecule has 2 heterocycles. The van der Waals surface area contributed by atoms with E-state index >= 15 is 0 Å². The third-order valence-electron chi connectivity index (χ3n) is 2.45.